The Morgan fingerprint density at radius 3 is 1.68 bits per heavy atom. The molecule has 44 heavy (non-hydrogen) atoms. The predicted octanol–water partition coefficient (Wildman–Crippen LogP) is 6.54. The number of amides is 1. The van der Waals surface area contributed by atoms with Crippen LogP contribution in [0.3, 0.4) is 0 Å². The van der Waals surface area contributed by atoms with E-state index in [0.717, 1.165) is 0 Å². The molecule has 12 heteroatoms. The Hall–Kier alpha value is -0.363. The Labute approximate surface area is 270 Å². The number of ether oxygens (including phenoxy) is 1. The minimum atomic E-state index is -5.04. The molecule has 2 N–H and O–H groups in total. The average molecular weight is 667 g/mol. The van der Waals surface area contributed by atoms with Crippen LogP contribution in [0.5, 0.6) is 0 Å². The van der Waals surface area contributed by atoms with Gasteiger partial charge in [-0.2, -0.15) is 0 Å². The van der Waals surface area contributed by atoms with Crippen LogP contribution >= 0.6 is 7.82 Å². The van der Waals surface area contributed by atoms with Crippen molar-refractivity contribution in [2.24, 2.45) is 0 Å². The van der Waals surface area contributed by atoms with Gasteiger partial charge in [0.25, 0.3) is 7.82 Å². The lowest BCUT2D eigenvalue weighted by atomic mass is 10.0. The molecular formula is C32H67N2O8PSi. The van der Waals surface area contributed by atoms with E-state index in [4.69, 9.17) is 18.5 Å². The SMILES string of the molecule is CC(=O)N[C@@H]1C[C@@H]2O[Si](C(C)(C)C)(C(C)(C)C)OC[C@H]2O[C@@H]1OP(=O)([O-])O.CCCC[N+](CCCC)(CCCC)CCCC. The molecule has 2 aliphatic rings. The summed E-state index contributed by atoms with van der Waals surface area (Å²) in [7, 11) is -7.77. The molecule has 262 valence electrons. The molecular weight excluding hydrogens is 599 g/mol. The number of quaternary nitrogens is 1. The fourth-order valence-corrected chi connectivity index (χ4v) is 12.2. The predicted molar refractivity (Wildman–Crippen MR) is 177 cm³/mol. The number of hydrogen-bond acceptors (Lipinski definition) is 7. The van der Waals surface area contributed by atoms with E-state index in [1.54, 1.807) is 0 Å². The first kappa shape index (κ1) is 41.7. The van der Waals surface area contributed by atoms with Gasteiger partial charge in [-0.3, -0.25) is 13.9 Å². The van der Waals surface area contributed by atoms with E-state index >= 15 is 0 Å². The first-order chi connectivity index (χ1) is 20.3. The quantitative estimate of drug-likeness (QED) is 0.115. The zero-order valence-electron chi connectivity index (χ0n) is 29.9. The zero-order chi connectivity index (χ0) is 33.8. The second kappa shape index (κ2) is 18.3. The van der Waals surface area contributed by atoms with Crippen molar-refractivity contribution in [1.29, 1.82) is 0 Å². The Kier molecular flexibility index (Phi) is 17.3. The zero-order valence-corrected chi connectivity index (χ0v) is 31.8. The lowest BCUT2D eigenvalue weighted by molar-refractivity contribution is -0.929. The third-order valence-corrected chi connectivity index (χ3v) is 14.5. The highest BCUT2D eigenvalue weighted by Crippen LogP contribution is 2.55. The molecule has 0 aromatic carbocycles. The number of nitrogens with one attached hydrogen (secondary N) is 1. The minimum absolute atomic E-state index is 0.219. The number of unbranched alkanes of at least 4 members (excludes halogenated alkanes) is 4. The number of fused-ring (bicyclic) bond motifs is 1. The third kappa shape index (κ3) is 12.7. The van der Waals surface area contributed by atoms with Crippen molar-refractivity contribution >= 4 is 22.3 Å². The molecule has 0 aliphatic carbocycles. The Bertz CT molecular complexity index is 837. The summed E-state index contributed by atoms with van der Waals surface area (Å²) in [6.45, 7) is 29.1. The van der Waals surface area contributed by atoms with Crippen molar-refractivity contribution in [3.05, 3.63) is 0 Å². The molecule has 2 heterocycles. The van der Waals surface area contributed by atoms with Crippen LogP contribution in [-0.2, 0) is 27.5 Å². The molecule has 1 unspecified atom stereocenters. The maximum Gasteiger partial charge on any atom is 0.349 e. The lowest BCUT2D eigenvalue weighted by Crippen LogP contribution is -2.68. The molecule has 0 radical (unpaired) electrons. The number of carbonyl (C=O) groups excluding carboxylic acids is 1. The second-order valence-corrected chi connectivity index (χ2v) is 20.8. The largest absolute Gasteiger partial charge is 0.756 e. The molecule has 2 saturated heterocycles. The van der Waals surface area contributed by atoms with Gasteiger partial charge in [0.1, 0.15) is 6.10 Å². The van der Waals surface area contributed by atoms with E-state index in [0.29, 0.717) is 6.42 Å². The van der Waals surface area contributed by atoms with Gasteiger partial charge >= 0.3 is 8.56 Å². The normalized spacial score (nSPS) is 25.3. The van der Waals surface area contributed by atoms with Crippen LogP contribution in [0.25, 0.3) is 0 Å². The maximum atomic E-state index is 11.5. The highest BCUT2D eigenvalue weighted by atomic mass is 31.2. The first-order valence-electron chi connectivity index (χ1n) is 17.1. The molecule has 0 aromatic heterocycles. The van der Waals surface area contributed by atoms with E-state index in [9.17, 15) is 14.3 Å². The van der Waals surface area contributed by atoms with Crippen molar-refractivity contribution in [3.63, 3.8) is 0 Å². The Morgan fingerprint density at radius 2 is 1.34 bits per heavy atom. The highest BCUT2D eigenvalue weighted by Gasteiger charge is 2.63. The molecule has 2 rings (SSSR count). The topological polar surface area (TPSA) is 126 Å². The van der Waals surface area contributed by atoms with Crippen LogP contribution in [0.4, 0.5) is 0 Å². The van der Waals surface area contributed by atoms with Gasteiger partial charge in [0.05, 0.1) is 44.9 Å². The summed E-state index contributed by atoms with van der Waals surface area (Å²) in [5.74, 6) is -0.364. The monoisotopic (exact) mass is 666 g/mol. The molecule has 2 aliphatic heterocycles. The van der Waals surface area contributed by atoms with Crippen molar-refractivity contribution in [3.8, 4) is 0 Å². The summed E-state index contributed by atoms with van der Waals surface area (Å²) in [6, 6.07) is -0.775. The van der Waals surface area contributed by atoms with Crippen LogP contribution in [0.15, 0.2) is 0 Å². The third-order valence-electron chi connectivity index (χ3n) is 8.85. The van der Waals surface area contributed by atoms with Gasteiger partial charge in [0, 0.05) is 23.4 Å². The molecule has 1 amide bonds. The van der Waals surface area contributed by atoms with Gasteiger partial charge in [-0.15, -0.1) is 0 Å². The summed E-state index contributed by atoms with van der Waals surface area (Å²) in [6.07, 6.45) is 9.07. The number of rotatable bonds is 15. The molecule has 0 spiro atoms. The summed E-state index contributed by atoms with van der Waals surface area (Å²) in [4.78, 5) is 31.8. The Balaban J connectivity index is 0.000000493. The molecule has 10 nitrogen and oxygen atoms in total. The number of carbonyl (C=O) groups is 1. The van der Waals surface area contributed by atoms with Gasteiger partial charge in [-0.05, 0) is 25.7 Å². The minimum Gasteiger partial charge on any atom is -0.756 e. The van der Waals surface area contributed by atoms with Crippen LogP contribution in [0.2, 0.25) is 10.1 Å². The number of nitrogens with zero attached hydrogens (tertiary/aromatic N) is 1. The smallest absolute Gasteiger partial charge is 0.349 e. The number of phosphoric ester groups is 1. The highest BCUT2D eigenvalue weighted by molar-refractivity contribution is 7.44. The van der Waals surface area contributed by atoms with E-state index in [1.165, 1.54) is 89.0 Å². The summed E-state index contributed by atoms with van der Waals surface area (Å²) in [5.41, 5.74) is 0. The van der Waals surface area contributed by atoms with Crippen molar-refractivity contribution in [2.45, 2.75) is 169 Å². The van der Waals surface area contributed by atoms with Gasteiger partial charge in [-0.1, -0.05) is 94.9 Å². The van der Waals surface area contributed by atoms with Crippen LogP contribution in [-0.4, -0.2) is 81.2 Å². The standard InChI is InChI=1S/C16H32NO8PSi.C16H36N/c1-10(18)17-11-8-12-13(23-14(11)24-26(19,20)21)9-22-27(25-12,15(2,3)4)16(5,6)7;1-5-9-13-17(14-10-6-2,15-11-7-3)16-12-8-4/h11-14H,8-9H2,1-7H3,(H,17,18)(H2,19,20,21);5-16H2,1-4H3/q;+1/p-1/t11-,12+,13-,14-;/m1./s1. The Morgan fingerprint density at radius 1 is 0.909 bits per heavy atom. The van der Waals surface area contributed by atoms with Gasteiger partial charge in [0.15, 0.2) is 6.29 Å². The van der Waals surface area contributed by atoms with E-state index in [2.05, 4.69) is 79.1 Å². The lowest BCUT2D eigenvalue weighted by Gasteiger charge is -2.56. The molecule has 0 aromatic rings. The fourth-order valence-electron chi connectivity index (χ4n) is 6.76. The maximum absolute atomic E-state index is 11.5. The second-order valence-electron chi connectivity index (χ2n) is 14.9. The molecule has 2 fully saturated rings. The summed E-state index contributed by atoms with van der Waals surface area (Å²) in [5, 5.41) is 2.19. The fraction of sp³-hybridized carbons (Fsp3) is 0.969. The van der Waals surface area contributed by atoms with Gasteiger partial charge < -0.3 is 33.2 Å². The van der Waals surface area contributed by atoms with Crippen LogP contribution in [0.1, 0.15) is 134 Å². The van der Waals surface area contributed by atoms with E-state index in [1.807, 2.05) is 0 Å². The summed E-state index contributed by atoms with van der Waals surface area (Å²) < 4.78 is 35.8. The average Bonchev–Trinajstić information content (AvgIpc) is 2.90. The van der Waals surface area contributed by atoms with Crippen molar-refractivity contribution < 1.29 is 41.7 Å². The first-order valence-corrected chi connectivity index (χ1v) is 20.4. The van der Waals surface area contributed by atoms with Crippen LogP contribution in [0, 0.1) is 0 Å². The van der Waals surface area contributed by atoms with Crippen LogP contribution < -0.4 is 10.2 Å². The van der Waals surface area contributed by atoms with Crippen molar-refractivity contribution in [2.75, 3.05) is 32.8 Å². The number of phosphoric acid groups is 1. The number of hydrogen-bond donors (Lipinski definition) is 2. The molecule has 0 saturated carbocycles. The molecule has 0 bridgehead atoms. The summed E-state index contributed by atoms with van der Waals surface area (Å²) >= 11 is 0. The van der Waals surface area contributed by atoms with Gasteiger partial charge in [0.2, 0.25) is 5.91 Å². The van der Waals surface area contributed by atoms with E-state index in [-0.39, 0.29) is 28.7 Å². The van der Waals surface area contributed by atoms with Gasteiger partial charge in [-0.25, -0.2) is 0 Å². The van der Waals surface area contributed by atoms with E-state index < -0.39 is 34.8 Å². The van der Waals surface area contributed by atoms with Crippen molar-refractivity contribution in [1.82, 2.24) is 5.32 Å². The molecule has 5 atom stereocenters.